The largest absolute Gasteiger partial charge is 0.455 e. The number of furan rings is 3. The van der Waals surface area contributed by atoms with Gasteiger partial charge in [-0.25, -0.2) is 0 Å². The standard InChI is InChI=1S/3C40H36O/c1-25(2)19-27-13-18-39-37(21-27)38-23-28(20-26(3)4)22-36(40(38)41-39)30-16-14-29(15-17-30)35-24-31-9-5-6-10-32(31)33-11-7-8-12-34(33)35;1-5-25(3)29-19-20-39-37(21-29)38-24-31(26(4)6-2)23-36(40(38)41-39)28-17-15-27(16-18-28)35-22-30-11-7-8-12-32(30)33-13-9-10-14-34(33)35;1-3-5-11-27-17-22-39-37(23-27)38-25-28(12-6-4-2)24-36(40(38)41-39)30-20-18-29(19-21-30)35-26-31-13-7-8-14-32(31)33-15-9-10-16-34(33)35/h5-18,21-26H,19-20H2,1-4H3;7-26H,5-6H2,1-4H3;7-10,13-26H,3-6,11-12H2,1-2H3. The lowest BCUT2D eigenvalue weighted by Gasteiger charge is -2.14. The van der Waals surface area contributed by atoms with Gasteiger partial charge in [0, 0.05) is 49.0 Å². The highest BCUT2D eigenvalue weighted by Gasteiger charge is 2.23. The molecule has 0 aliphatic carbocycles. The van der Waals surface area contributed by atoms with E-state index in [4.69, 9.17) is 13.3 Å². The van der Waals surface area contributed by atoms with Crippen LogP contribution in [0.25, 0.3) is 197 Å². The van der Waals surface area contributed by atoms with E-state index < -0.39 is 0 Å². The number of benzene rings is 18. The summed E-state index contributed by atoms with van der Waals surface area (Å²) < 4.78 is 19.8. The summed E-state index contributed by atoms with van der Waals surface area (Å²) in [7, 11) is 0. The van der Waals surface area contributed by atoms with Crippen LogP contribution in [0.4, 0.5) is 0 Å². The molecule has 3 heteroatoms. The Morgan fingerprint density at radius 1 is 0.220 bits per heavy atom. The molecule has 21 rings (SSSR count). The van der Waals surface area contributed by atoms with Crippen LogP contribution in [0, 0.1) is 11.8 Å². The molecule has 0 spiro atoms. The van der Waals surface area contributed by atoms with E-state index in [1.165, 1.54) is 223 Å². The van der Waals surface area contributed by atoms with Gasteiger partial charge in [-0.05, 0) is 314 Å². The highest BCUT2D eigenvalue weighted by Crippen LogP contribution is 2.47. The van der Waals surface area contributed by atoms with Gasteiger partial charge in [0.2, 0.25) is 0 Å². The Hall–Kier alpha value is -13.1. The van der Waals surface area contributed by atoms with E-state index in [0.717, 1.165) is 72.0 Å². The van der Waals surface area contributed by atoms with Crippen LogP contribution < -0.4 is 0 Å². The molecule has 21 aromatic rings. The first kappa shape index (κ1) is 79.7. The zero-order chi connectivity index (χ0) is 83.9. The predicted octanol–water partition coefficient (Wildman–Crippen LogP) is 35.8. The molecule has 0 aliphatic heterocycles. The molecule has 0 saturated carbocycles. The summed E-state index contributed by atoms with van der Waals surface area (Å²) in [5.41, 5.74) is 28.8. The summed E-state index contributed by atoms with van der Waals surface area (Å²) in [6, 6.07) is 121. The van der Waals surface area contributed by atoms with Gasteiger partial charge in [0.15, 0.2) is 0 Å². The van der Waals surface area contributed by atoms with Crippen molar-refractivity contribution in [2.45, 2.75) is 145 Å². The van der Waals surface area contributed by atoms with Crippen molar-refractivity contribution in [1.82, 2.24) is 0 Å². The lowest BCUT2D eigenvalue weighted by atomic mass is 9.90. The highest BCUT2D eigenvalue weighted by atomic mass is 16.3. The van der Waals surface area contributed by atoms with Crippen LogP contribution in [0.5, 0.6) is 0 Å². The van der Waals surface area contributed by atoms with Crippen LogP contribution in [-0.4, -0.2) is 0 Å². The van der Waals surface area contributed by atoms with Crippen LogP contribution in [-0.2, 0) is 25.7 Å². The van der Waals surface area contributed by atoms with Crippen LogP contribution in [0.1, 0.15) is 153 Å². The van der Waals surface area contributed by atoms with Crippen molar-refractivity contribution >= 4 is 130 Å². The first-order chi connectivity index (χ1) is 60.2. The monoisotopic (exact) mass is 1600 g/mol. The topological polar surface area (TPSA) is 39.4 Å². The maximum Gasteiger partial charge on any atom is 0.143 e. The van der Waals surface area contributed by atoms with Gasteiger partial charge >= 0.3 is 0 Å². The molecule has 0 bridgehead atoms. The highest BCUT2D eigenvalue weighted by molar-refractivity contribution is 6.18. The minimum absolute atomic E-state index is 0.476. The summed E-state index contributed by atoms with van der Waals surface area (Å²) in [6.07, 6.45) is 11.4. The van der Waals surface area contributed by atoms with E-state index in [2.05, 4.69) is 397 Å². The van der Waals surface area contributed by atoms with Crippen molar-refractivity contribution in [1.29, 1.82) is 0 Å². The van der Waals surface area contributed by atoms with E-state index in [1.54, 1.807) is 0 Å². The summed E-state index contributed by atoms with van der Waals surface area (Å²) in [6.45, 7) is 22.8. The molecule has 0 radical (unpaired) electrons. The smallest absolute Gasteiger partial charge is 0.143 e. The molecule has 0 fully saturated rings. The third-order valence-electron chi connectivity index (χ3n) is 26.1. The van der Waals surface area contributed by atoms with Crippen LogP contribution in [0.2, 0.25) is 0 Å². The van der Waals surface area contributed by atoms with E-state index in [0.29, 0.717) is 23.7 Å². The van der Waals surface area contributed by atoms with Crippen molar-refractivity contribution in [3.05, 3.63) is 361 Å². The third-order valence-corrected chi connectivity index (χ3v) is 26.1. The molecular formula is C120H108O3. The molecule has 3 heterocycles. The average Bonchev–Trinajstić information content (AvgIpc) is 1.49. The fourth-order valence-electron chi connectivity index (χ4n) is 19.2. The van der Waals surface area contributed by atoms with Crippen LogP contribution in [0.15, 0.2) is 341 Å². The van der Waals surface area contributed by atoms with E-state index in [1.807, 2.05) is 0 Å². The zero-order valence-electron chi connectivity index (χ0n) is 72.8. The third kappa shape index (κ3) is 15.7. The molecular weight excluding hydrogens is 1490 g/mol. The van der Waals surface area contributed by atoms with Gasteiger partial charge in [0.25, 0.3) is 0 Å². The average molecular weight is 1600 g/mol. The molecule has 0 N–H and O–H groups in total. The van der Waals surface area contributed by atoms with E-state index in [9.17, 15) is 0 Å². The Labute approximate surface area is 723 Å². The summed E-state index contributed by atoms with van der Waals surface area (Å²) in [5.74, 6) is 2.21. The first-order valence-electron chi connectivity index (χ1n) is 45.2. The maximum atomic E-state index is 6.60. The summed E-state index contributed by atoms with van der Waals surface area (Å²) >= 11 is 0. The molecule has 0 saturated heterocycles. The van der Waals surface area contributed by atoms with Crippen molar-refractivity contribution in [2.24, 2.45) is 11.8 Å². The quantitative estimate of drug-likeness (QED) is 0.0714. The SMILES string of the molecule is CC(C)Cc1ccc2oc3c(-c4ccc(-c5cc6ccccc6c6ccccc56)cc4)cc(CC(C)C)cc3c2c1.CCC(C)c1ccc2oc3c(-c4ccc(-c5cc6ccccc6c6ccccc56)cc4)cc(C(C)CC)cc3c2c1.CCCCc1ccc2oc3c(-c4ccc(-c5cc6ccccc6c6ccccc56)cc4)cc(CCCC)cc3c2c1. The van der Waals surface area contributed by atoms with Gasteiger partial charge in [0.05, 0.1) is 0 Å². The Morgan fingerprint density at radius 3 is 0.935 bits per heavy atom. The maximum absolute atomic E-state index is 6.60. The van der Waals surface area contributed by atoms with Gasteiger partial charge in [0.1, 0.15) is 33.5 Å². The molecule has 606 valence electrons. The van der Waals surface area contributed by atoms with Crippen molar-refractivity contribution in [3.63, 3.8) is 0 Å². The molecule has 3 nitrogen and oxygen atoms in total. The minimum Gasteiger partial charge on any atom is -0.455 e. The number of hydrogen-bond acceptors (Lipinski definition) is 3. The van der Waals surface area contributed by atoms with Gasteiger partial charge in [-0.15, -0.1) is 0 Å². The van der Waals surface area contributed by atoms with Crippen LogP contribution in [0.3, 0.4) is 0 Å². The van der Waals surface area contributed by atoms with Gasteiger partial charge < -0.3 is 13.3 Å². The fraction of sp³-hybridized carbons (Fsp3) is 0.200. The normalized spacial score (nSPS) is 12.4. The number of hydrogen-bond donors (Lipinski definition) is 0. The Bertz CT molecular complexity index is 7500. The molecule has 0 aliphatic rings. The summed E-state index contributed by atoms with van der Waals surface area (Å²) in [4.78, 5) is 0. The predicted molar refractivity (Wildman–Crippen MR) is 531 cm³/mol. The molecule has 2 atom stereocenters. The molecule has 2 unspecified atom stereocenters. The van der Waals surface area contributed by atoms with Gasteiger partial charge in [-0.2, -0.15) is 0 Å². The molecule has 3 aromatic heterocycles. The molecule has 123 heavy (non-hydrogen) atoms. The number of rotatable bonds is 20. The van der Waals surface area contributed by atoms with Gasteiger partial charge in [-0.3, -0.25) is 0 Å². The Morgan fingerprint density at radius 2 is 0.520 bits per heavy atom. The number of unbranched alkanes of at least 4 members (excludes halogenated alkanes) is 2. The summed E-state index contributed by atoms with van der Waals surface area (Å²) in [5, 5.41) is 22.9. The van der Waals surface area contributed by atoms with E-state index in [-0.39, 0.29) is 0 Å². The van der Waals surface area contributed by atoms with Crippen molar-refractivity contribution in [3.8, 4) is 66.8 Å². The first-order valence-corrected chi connectivity index (χ1v) is 45.2. The minimum atomic E-state index is 0.476. The second-order valence-corrected chi connectivity index (χ2v) is 35.5. The second kappa shape index (κ2) is 34.4. The molecule has 18 aromatic carbocycles. The Balaban J connectivity index is 0.000000121. The Kier molecular flexibility index (Phi) is 22.3. The zero-order valence-corrected chi connectivity index (χ0v) is 72.8. The lowest BCUT2D eigenvalue weighted by Crippen LogP contribution is -1.95. The fourth-order valence-corrected chi connectivity index (χ4v) is 19.2. The van der Waals surface area contributed by atoms with Crippen molar-refractivity contribution in [2.75, 3.05) is 0 Å². The van der Waals surface area contributed by atoms with Crippen molar-refractivity contribution < 1.29 is 13.3 Å². The second-order valence-electron chi connectivity index (χ2n) is 35.5. The van der Waals surface area contributed by atoms with E-state index >= 15 is 0 Å². The lowest BCUT2D eigenvalue weighted by molar-refractivity contribution is 0.645. The van der Waals surface area contributed by atoms with Gasteiger partial charge in [-0.1, -0.05) is 319 Å². The molecule has 0 amide bonds. The number of aryl methyl sites for hydroxylation is 2. The number of fused-ring (bicyclic) bond motifs is 18. The van der Waals surface area contributed by atoms with Crippen LogP contribution >= 0.6 is 0 Å².